The molecule has 0 amide bonds. The minimum Gasteiger partial charge on any atom is -0.481 e. The number of pyridine rings is 1. The average Bonchev–Trinajstić information content (AvgIpc) is 3.03. The van der Waals surface area contributed by atoms with Crippen molar-refractivity contribution in [3.8, 4) is 0 Å². The Morgan fingerprint density at radius 3 is 2.12 bits per heavy atom. The topological polar surface area (TPSA) is 124 Å². The first-order chi connectivity index (χ1) is 23.4. The summed E-state index contributed by atoms with van der Waals surface area (Å²) in [5.41, 5.74) is 3.36. The van der Waals surface area contributed by atoms with Gasteiger partial charge in [-0.05, 0) is 86.8 Å². The van der Waals surface area contributed by atoms with Crippen molar-refractivity contribution >= 4 is 28.6 Å². The minimum absolute atomic E-state index is 0.0262. The van der Waals surface area contributed by atoms with E-state index < -0.39 is 53.5 Å². The van der Waals surface area contributed by atoms with Gasteiger partial charge in [-0.15, -0.1) is 5.10 Å². The summed E-state index contributed by atoms with van der Waals surface area (Å²) in [6, 6.07) is 4.54. The molecule has 50 heavy (non-hydrogen) atoms. The van der Waals surface area contributed by atoms with Crippen LogP contribution < -0.4 is 16.5 Å². The molecule has 2 aliphatic rings. The van der Waals surface area contributed by atoms with E-state index in [9.17, 15) is 45.0 Å². The number of rotatable bonds is 8. The van der Waals surface area contributed by atoms with Crippen molar-refractivity contribution in [3.63, 3.8) is 0 Å². The zero-order valence-electron chi connectivity index (χ0n) is 27.0. The largest absolute Gasteiger partial charge is 0.481 e. The molecule has 2 heterocycles. The van der Waals surface area contributed by atoms with Gasteiger partial charge in [-0.2, -0.15) is 26.3 Å². The summed E-state index contributed by atoms with van der Waals surface area (Å²) in [4.78, 5) is 19.6. The van der Waals surface area contributed by atoms with Crippen molar-refractivity contribution in [1.29, 1.82) is 0 Å². The number of carboxylic acid groups (broad SMARTS) is 1. The van der Waals surface area contributed by atoms with Crippen molar-refractivity contribution < 1.29 is 45.0 Å². The number of nitrogens with two attached hydrogens (primary N) is 2. The number of hydrogen-bond donors (Lipinski definition) is 3. The van der Waals surface area contributed by atoms with Crippen molar-refractivity contribution in [1.82, 2.24) is 15.0 Å². The summed E-state index contributed by atoms with van der Waals surface area (Å²) >= 11 is 0. The maximum atomic E-state index is 14.4. The molecule has 272 valence electrons. The summed E-state index contributed by atoms with van der Waals surface area (Å²) in [6.45, 7) is -0.336. The fourth-order valence-corrected chi connectivity index (χ4v) is 7.01. The van der Waals surface area contributed by atoms with E-state index in [-0.39, 0.29) is 47.0 Å². The lowest BCUT2D eigenvalue weighted by atomic mass is 9.76. The second kappa shape index (κ2) is 14.4. The van der Waals surface area contributed by atoms with Crippen molar-refractivity contribution in [2.45, 2.75) is 76.4 Å². The number of piperidine rings is 1. The van der Waals surface area contributed by atoms with Gasteiger partial charge in [0.15, 0.2) is 11.6 Å². The van der Waals surface area contributed by atoms with Gasteiger partial charge in [0, 0.05) is 49.7 Å². The van der Waals surface area contributed by atoms with Crippen LogP contribution in [0.4, 0.5) is 40.9 Å². The third kappa shape index (κ3) is 8.47. The first kappa shape index (κ1) is 36.9. The molecule has 2 fully saturated rings. The van der Waals surface area contributed by atoms with Gasteiger partial charge in [0.2, 0.25) is 5.96 Å². The van der Waals surface area contributed by atoms with Crippen molar-refractivity contribution in [3.05, 3.63) is 70.3 Å². The smallest absolute Gasteiger partial charge is 0.416 e. The SMILES string of the molecule is CN(N)/N=C(\N)N(Cc1cc(C(F)(F)F)cc(C(F)(F)F)c1)Cc1cc2cc(F)c(F)cc2nc1N1CCCC[C@H]1C1CCC(C(=O)O)CC1. The van der Waals surface area contributed by atoms with Crippen LogP contribution in [0.5, 0.6) is 0 Å². The Bertz CT molecular complexity index is 1710. The number of fused-ring (bicyclic) bond motifs is 1. The number of carboxylic acids is 1. The predicted octanol–water partition coefficient (Wildman–Crippen LogP) is 6.84. The summed E-state index contributed by atoms with van der Waals surface area (Å²) in [6.07, 6.45) is -5.50. The van der Waals surface area contributed by atoms with Crippen LogP contribution in [0.2, 0.25) is 0 Å². The number of benzene rings is 2. The van der Waals surface area contributed by atoms with Gasteiger partial charge in [-0.25, -0.2) is 24.7 Å². The number of anilines is 1. The molecule has 1 aliphatic heterocycles. The first-order valence-electron chi connectivity index (χ1n) is 16.0. The van der Waals surface area contributed by atoms with Crippen LogP contribution in [-0.4, -0.2) is 51.7 Å². The molecule has 3 aromatic rings. The van der Waals surface area contributed by atoms with Gasteiger partial charge < -0.3 is 20.6 Å². The van der Waals surface area contributed by atoms with Crippen LogP contribution in [0.15, 0.2) is 41.5 Å². The number of guanidine groups is 1. The second-order valence-electron chi connectivity index (χ2n) is 12.9. The molecule has 1 atom stereocenters. The number of hydrazine groups is 1. The van der Waals surface area contributed by atoms with E-state index in [1.54, 1.807) is 0 Å². The van der Waals surface area contributed by atoms with Crippen molar-refractivity contribution in [2.24, 2.45) is 28.5 Å². The normalized spacial score (nSPS) is 20.6. The average molecular weight is 716 g/mol. The lowest BCUT2D eigenvalue weighted by molar-refractivity contribution is -0.144. The van der Waals surface area contributed by atoms with E-state index in [0.717, 1.165) is 36.5 Å². The molecular formula is C33H37F8N7O2. The summed E-state index contributed by atoms with van der Waals surface area (Å²) in [5, 5.41) is 14.5. The maximum Gasteiger partial charge on any atom is 0.416 e. The molecule has 9 nitrogen and oxygen atoms in total. The Kier molecular flexibility index (Phi) is 10.6. The summed E-state index contributed by atoms with van der Waals surface area (Å²) < 4.78 is 111. The Morgan fingerprint density at radius 2 is 1.54 bits per heavy atom. The highest BCUT2D eigenvalue weighted by molar-refractivity contribution is 5.83. The second-order valence-corrected chi connectivity index (χ2v) is 12.9. The van der Waals surface area contributed by atoms with Gasteiger partial charge in [-0.3, -0.25) is 4.79 Å². The van der Waals surface area contributed by atoms with Crippen LogP contribution >= 0.6 is 0 Å². The number of alkyl halides is 6. The quantitative estimate of drug-likeness (QED) is 0.0762. The molecule has 0 bridgehead atoms. The molecule has 0 radical (unpaired) electrons. The standard InChI is InChI=1S/C33H37F8N7O2/c1-46(43)45-31(42)47(16-18-10-23(32(36,37)38)14-24(11-18)33(39,40)41)17-22-12-21-13-25(34)26(35)15-27(21)44-29(22)48-9-3-2-4-28(48)19-5-7-20(8-6-19)30(49)50/h10-15,19-20,28H,2-9,16-17,43H2,1H3,(H2,42,45)(H,49,50)/t19?,20?,28-/m0/s1. The number of halogens is 8. The van der Waals surface area contributed by atoms with E-state index in [1.807, 2.05) is 4.90 Å². The highest BCUT2D eigenvalue weighted by Gasteiger charge is 2.38. The molecule has 0 unspecified atom stereocenters. The van der Waals surface area contributed by atoms with Gasteiger partial charge >= 0.3 is 18.3 Å². The Labute approximate surface area is 282 Å². The molecule has 1 saturated carbocycles. The first-order valence-corrected chi connectivity index (χ1v) is 16.0. The zero-order valence-corrected chi connectivity index (χ0v) is 27.0. The highest BCUT2D eigenvalue weighted by Crippen LogP contribution is 2.40. The van der Waals surface area contributed by atoms with Gasteiger partial charge in [0.1, 0.15) is 5.82 Å². The Morgan fingerprint density at radius 1 is 0.920 bits per heavy atom. The van der Waals surface area contributed by atoms with E-state index >= 15 is 0 Å². The summed E-state index contributed by atoms with van der Waals surface area (Å²) in [7, 11) is 1.31. The third-order valence-corrected chi connectivity index (χ3v) is 9.37. The molecule has 1 saturated heterocycles. The fourth-order valence-electron chi connectivity index (χ4n) is 7.01. The molecule has 1 aliphatic carbocycles. The van der Waals surface area contributed by atoms with E-state index in [2.05, 4.69) is 5.10 Å². The number of hydrazone groups is 1. The Hall–Kier alpha value is -4.41. The molecular weight excluding hydrogens is 678 g/mol. The minimum atomic E-state index is -5.08. The molecule has 5 rings (SSSR count). The van der Waals surface area contributed by atoms with E-state index in [1.165, 1.54) is 18.0 Å². The highest BCUT2D eigenvalue weighted by atomic mass is 19.4. The van der Waals surface area contributed by atoms with Gasteiger partial charge in [0.05, 0.1) is 22.6 Å². The Balaban J connectivity index is 1.60. The van der Waals surface area contributed by atoms with Crippen LogP contribution in [0, 0.1) is 23.5 Å². The lowest BCUT2D eigenvalue weighted by Gasteiger charge is -2.44. The maximum absolute atomic E-state index is 14.4. The number of aromatic nitrogens is 1. The molecule has 0 spiro atoms. The molecule has 5 N–H and O–H groups in total. The van der Waals surface area contributed by atoms with Crippen LogP contribution in [0.3, 0.4) is 0 Å². The number of nitrogens with zero attached hydrogens (tertiary/aromatic N) is 5. The molecule has 17 heteroatoms. The van der Waals surface area contributed by atoms with Gasteiger partial charge in [0.25, 0.3) is 0 Å². The zero-order chi connectivity index (χ0) is 36.5. The van der Waals surface area contributed by atoms with Gasteiger partial charge in [-0.1, -0.05) is 0 Å². The molecule has 2 aromatic carbocycles. The van der Waals surface area contributed by atoms with E-state index in [4.69, 9.17) is 16.6 Å². The number of aliphatic carboxylic acids is 1. The number of carbonyl (C=O) groups is 1. The molecule has 1 aromatic heterocycles. The number of hydrogen-bond acceptors (Lipinski definition) is 6. The van der Waals surface area contributed by atoms with Crippen LogP contribution in [-0.2, 0) is 30.2 Å². The monoisotopic (exact) mass is 715 g/mol. The fraction of sp³-hybridized carbons (Fsp3) is 0.485. The summed E-state index contributed by atoms with van der Waals surface area (Å²) in [5.74, 6) is 2.22. The predicted molar refractivity (Wildman–Crippen MR) is 169 cm³/mol. The van der Waals surface area contributed by atoms with Crippen molar-refractivity contribution in [2.75, 3.05) is 18.5 Å². The van der Waals surface area contributed by atoms with Crippen LogP contribution in [0.1, 0.15) is 67.2 Å². The third-order valence-electron chi connectivity index (χ3n) is 9.37. The lowest BCUT2D eigenvalue weighted by Crippen LogP contribution is -2.47. The van der Waals surface area contributed by atoms with E-state index in [0.29, 0.717) is 55.7 Å². The van der Waals surface area contributed by atoms with Crippen LogP contribution in [0.25, 0.3) is 10.9 Å².